The molecule has 2 nitrogen and oxygen atoms in total. The van der Waals surface area contributed by atoms with E-state index in [0.717, 1.165) is 12.0 Å². The molecule has 4 heteroatoms. The number of ether oxygens (including phenoxy) is 1. The van der Waals surface area contributed by atoms with Crippen molar-refractivity contribution >= 4 is 0 Å². The minimum absolute atomic E-state index is 0.156. The summed E-state index contributed by atoms with van der Waals surface area (Å²) in [6, 6.07) is 9.57. The van der Waals surface area contributed by atoms with Crippen LogP contribution in [0.5, 0.6) is 11.5 Å². The Bertz CT molecular complexity index is 603. The quantitative estimate of drug-likeness (QED) is 0.895. The molecule has 0 heterocycles. The van der Waals surface area contributed by atoms with Gasteiger partial charge in [-0.3, -0.25) is 0 Å². The van der Waals surface area contributed by atoms with Crippen molar-refractivity contribution in [3.63, 3.8) is 0 Å². The second kappa shape index (κ2) is 6.68. The van der Waals surface area contributed by atoms with Crippen LogP contribution in [0.2, 0.25) is 0 Å². The molecule has 0 amide bonds. The van der Waals surface area contributed by atoms with Crippen LogP contribution in [-0.2, 0) is 12.8 Å². The highest BCUT2D eigenvalue weighted by molar-refractivity contribution is 5.37. The first-order valence-electron chi connectivity index (χ1n) is 7.00. The molecular weight excluding hydrogens is 272 g/mol. The minimum atomic E-state index is -0.715. The topological polar surface area (TPSA) is 35.2 Å². The molecular formula is C17H19F2NO. The number of benzene rings is 2. The standard InChI is InChI=1S/C17H19F2NO/c1-3-12-5-4-6-14(8-12)21-17-15(18)9-13(7-11(2)20)10-16(17)19/h4-6,8-11H,3,7,20H2,1-2H3. The van der Waals surface area contributed by atoms with Crippen LogP contribution in [0.1, 0.15) is 25.0 Å². The van der Waals surface area contributed by atoms with E-state index < -0.39 is 11.6 Å². The van der Waals surface area contributed by atoms with Crippen molar-refractivity contribution in [3.05, 3.63) is 59.2 Å². The summed E-state index contributed by atoms with van der Waals surface area (Å²) < 4.78 is 33.4. The van der Waals surface area contributed by atoms with E-state index in [0.29, 0.717) is 17.7 Å². The average molecular weight is 291 g/mol. The van der Waals surface area contributed by atoms with Crippen molar-refractivity contribution in [1.29, 1.82) is 0 Å². The number of halogens is 2. The van der Waals surface area contributed by atoms with E-state index in [-0.39, 0.29) is 11.8 Å². The second-order valence-corrected chi connectivity index (χ2v) is 5.17. The van der Waals surface area contributed by atoms with Gasteiger partial charge in [0.05, 0.1) is 0 Å². The van der Waals surface area contributed by atoms with Gasteiger partial charge in [0.25, 0.3) is 0 Å². The van der Waals surface area contributed by atoms with Crippen molar-refractivity contribution in [2.75, 3.05) is 0 Å². The predicted molar refractivity (Wildman–Crippen MR) is 79.6 cm³/mol. The van der Waals surface area contributed by atoms with Gasteiger partial charge < -0.3 is 10.5 Å². The summed E-state index contributed by atoms with van der Waals surface area (Å²) in [6.45, 7) is 3.79. The zero-order valence-electron chi connectivity index (χ0n) is 12.2. The Labute approximate surface area is 123 Å². The van der Waals surface area contributed by atoms with Crippen LogP contribution in [-0.4, -0.2) is 6.04 Å². The second-order valence-electron chi connectivity index (χ2n) is 5.17. The summed E-state index contributed by atoms with van der Waals surface area (Å²) in [4.78, 5) is 0. The van der Waals surface area contributed by atoms with Gasteiger partial charge in [0.2, 0.25) is 0 Å². The average Bonchev–Trinajstić information content (AvgIpc) is 2.42. The molecule has 2 aromatic rings. The van der Waals surface area contributed by atoms with Crippen molar-refractivity contribution in [1.82, 2.24) is 0 Å². The smallest absolute Gasteiger partial charge is 0.198 e. The molecule has 0 fully saturated rings. The van der Waals surface area contributed by atoms with Gasteiger partial charge >= 0.3 is 0 Å². The van der Waals surface area contributed by atoms with Gasteiger partial charge in [-0.15, -0.1) is 0 Å². The first-order chi connectivity index (χ1) is 9.99. The molecule has 2 N–H and O–H groups in total. The number of hydrogen-bond acceptors (Lipinski definition) is 2. The van der Waals surface area contributed by atoms with Crippen LogP contribution in [0.15, 0.2) is 36.4 Å². The van der Waals surface area contributed by atoms with Crippen LogP contribution in [0, 0.1) is 11.6 Å². The van der Waals surface area contributed by atoms with Gasteiger partial charge in [-0.2, -0.15) is 0 Å². The summed E-state index contributed by atoms with van der Waals surface area (Å²) in [5, 5.41) is 0. The lowest BCUT2D eigenvalue weighted by atomic mass is 10.1. The fraction of sp³-hybridized carbons (Fsp3) is 0.294. The van der Waals surface area contributed by atoms with E-state index in [4.69, 9.17) is 10.5 Å². The summed E-state index contributed by atoms with van der Waals surface area (Å²) in [7, 11) is 0. The summed E-state index contributed by atoms with van der Waals surface area (Å²) in [5.74, 6) is -1.39. The third-order valence-electron chi connectivity index (χ3n) is 3.14. The van der Waals surface area contributed by atoms with E-state index >= 15 is 0 Å². The Kier molecular flexibility index (Phi) is 4.91. The SMILES string of the molecule is CCc1cccc(Oc2c(F)cc(CC(C)N)cc2F)c1. The maximum atomic E-state index is 14.0. The van der Waals surface area contributed by atoms with Crippen molar-refractivity contribution < 1.29 is 13.5 Å². The highest BCUT2D eigenvalue weighted by atomic mass is 19.1. The summed E-state index contributed by atoms with van der Waals surface area (Å²) >= 11 is 0. The van der Waals surface area contributed by atoms with Gasteiger partial charge in [-0.1, -0.05) is 19.1 Å². The van der Waals surface area contributed by atoms with E-state index in [1.165, 1.54) is 12.1 Å². The third-order valence-corrected chi connectivity index (χ3v) is 3.14. The van der Waals surface area contributed by atoms with E-state index in [9.17, 15) is 8.78 Å². The maximum Gasteiger partial charge on any atom is 0.198 e. The largest absolute Gasteiger partial charge is 0.451 e. The number of nitrogens with two attached hydrogens (primary N) is 1. The van der Waals surface area contributed by atoms with Crippen LogP contribution in [0.4, 0.5) is 8.78 Å². The monoisotopic (exact) mass is 291 g/mol. The van der Waals surface area contributed by atoms with Crippen molar-refractivity contribution in [2.45, 2.75) is 32.7 Å². The van der Waals surface area contributed by atoms with Gasteiger partial charge in [0.15, 0.2) is 17.4 Å². The maximum absolute atomic E-state index is 14.0. The first-order valence-corrected chi connectivity index (χ1v) is 7.00. The molecule has 0 aliphatic heterocycles. The molecule has 0 aliphatic carbocycles. The molecule has 2 rings (SSSR count). The molecule has 0 aliphatic rings. The Balaban J connectivity index is 2.27. The molecule has 0 spiro atoms. The lowest BCUT2D eigenvalue weighted by Gasteiger charge is -2.11. The Hall–Kier alpha value is -1.94. The van der Waals surface area contributed by atoms with E-state index in [2.05, 4.69) is 0 Å². The van der Waals surface area contributed by atoms with Crippen LogP contribution >= 0.6 is 0 Å². The lowest BCUT2D eigenvalue weighted by Crippen LogP contribution is -2.18. The Morgan fingerprint density at radius 3 is 2.33 bits per heavy atom. The van der Waals surface area contributed by atoms with Crippen LogP contribution in [0.3, 0.4) is 0 Å². The minimum Gasteiger partial charge on any atom is -0.451 e. The highest BCUT2D eigenvalue weighted by Crippen LogP contribution is 2.29. The molecule has 2 aromatic carbocycles. The summed E-state index contributed by atoms with van der Waals surface area (Å²) in [5.41, 5.74) is 7.21. The molecule has 0 radical (unpaired) electrons. The number of aryl methyl sites for hydroxylation is 1. The number of rotatable bonds is 5. The van der Waals surface area contributed by atoms with Gasteiger partial charge in [-0.25, -0.2) is 8.78 Å². The Morgan fingerprint density at radius 2 is 1.76 bits per heavy atom. The molecule has 0 bridgehead atoms. The van der Waals surface area contributed by atoms with Gasteiger partial charge in [-0.05, 0) is 55.2 Å². The molecule has 1 atom stereocenters. The molecule has 112 valence electrons. The highest BCUT2D eigenvalue weighted by Gasteiger charge is 2.14. The predicted octanol–water partition coefficient (Wildman–Crippen LogP) is 4.21. The van der Waals surface area contributed by atoms with Gasteiger partial charge in [0.1, 0.15) is 5.75 Å². The molecule has 1 unspecified atom stereocenters. The van der Waals surface area contributed by atoms with E-state index in [1.54, 1.807) is 25.1 Å². The normalized spacial score (nSPS) is 12.2. The van der Waals surface area contributed by atoms with Crippen molar-refractivity contribution in [3.8, 4) is 11.5 Å². The third kappa shape index (κ3) is 4.02. The molecule has 0 aromatic heterocycles. The fourth-order valence-corrected chi connectivity index (χ4v) is 2.15. The zero-order valence-corrected chi connectivity index (χ0v) is 12.2. The molecule has 0 saturated carbocycles. The Morgan fingerprint density at radius 1 is 1.10 bits per heavy atom. The number of hydrogen-bond donors (Lipinski definition) is 1. The van der Waals surface area contributed by atoms with Gasteiger partial charge in [0, 0.05) is 6.04 Å². The van der Waals surface area contributed by atoms with Crippen LogP contribution < -0.4 is 10.5 Å². The lowest BCUT2D eigenvalue weighted by molar-refractivity contribution is 0.406. The van der Waals surface area contributed by atoms with Crippen LogP contribution in [0.25, 0.3) is 0 Å². The molecule has 0 saturated heterocycles. The van der Waals surface area contributed by atoms with E-state index in [1.807, 2.05) is 13.0 Å². The summed E-state index contributed by atoms with van der Waals surface area (Å²) in [6.07, 6.45) is 1.24. The zero-order chi connectivity index (χ0) is 15.4. The molecule has 21 heavy (non-hydrogen) atoms. The first kappa shape index (κ1) is 15.4. The fourth-order valence-electron chi connectivity index (χ4n) is 2.15. The van der Waals surface area contributed by atoms with Crippen molar-refractivity contribution in [2.24, 2.45) is 5.73 Å².